The molecule has 0 bridgehead atoms. The Labute approximate surface area is 95.8 Å². The van der Waals surface area contributed by atoms with E-state index in [1.165, 1.54) is 12.8 Å². The van der Waals surface area contributed by atoms with E-state index in [9.17, 15) is 4.79 Å². The van der Waals surface area contributed by atoms with Crippen molar-refractivity contribution in [1.82, 2.24) is 10.4 Å². The van der Waals surface area contributed by atoms with Crippen LogP contribution in [-0.2, 0) is 0 Å². The Morgan fingerprint density at radius 1 is 1.44 bits per heavy atom. The Hall–Kier alpha value is -1.71. The lowest BCUT2D eigenvalue weighted by Gasteiger charge is -1.98. The van der Waals surface area contributed by atoms with Crippen LogP contribution in [0.2, 0.25) is 0 Å². The van der Waals surface area contributed by atoms with Crippen LogP contribution in [0.5, 0.6) is 0 Å². The monoisotopic (exact) mass is 219 g/mol. The summed E-state index contributed by atoms with van der Waals surface area (Å²) in [6, 6.07) is 3.31. The van der Waals surface area contributed by atoms with Crippen LogP contribution in [0.3, 0.4) is 0 Å². The minimum Gasteiger partial charge on any atom is -0.267 e. The number of hydrazone groups is 1. The van der Waals surface area contributed by atoms with Gasteiger partial charge in [0, 0.05) is 24.2 Å². The van der Waals surface area contributed by atoms with Crippen LogP contribution >= 0.6 is 0 Å². The van der Waals surface area contributed by atoms with Crippen LogP contribution in [0.15, 0.2) is 29.6 Å². The standard InChI is InChI=1S/C12H17N3O/c1-2-3-4-5-8-14-15-12(16)11-6-9-13-10-7-11/h6-10H,2-5H2,1H3,(H,15,16). The highest BCUT2D eigenvalue weighted by atomic mass is 16.2. The number of rotatable bonds is 6. The summed E-state index contributed by atoms with van der Waals surface area (Å²) in [6.45, 7) is 2.16. The highest BCUT2D eigenvalue weighted by molar-refractivity contribution is 5.94. The molecule has 0 aromatic carbocycles. The minimum atomic E-state index is -0.200. The third-order valence-electron chi connectivity index (χ3n) is 2.14. The summed E-state index contributed by atoms with van der Waals surface area (Å²) in [7, 11) is 0. The number of aromatic nitrogens is 1. The molecule has 86 valence electrons. The van der Waals surface area contributed by atoms with Gasteiger partial charge in [0.25, 0.3) is 5.91 Å². The van der Waals surface area contributed by atoms with Crippen LogP contribution in [0.25, 0.3) is 0 Å². The molecule has 1 heterocycles. The zero-order chi connectivity index (χ0) is 11.6. The molecule has 0 aliphatic rings. The number of hydrogen-bond donors (Lipinski definition) is 1. The van der Waals surface area contributed by atoms with Crippen LogP contribution in [0.4, 0.5) is 0 Å². The fraction of sp³-hybridized carbons (Fsp3) is 0.417. The van der Waals surface area contributed by atoms with Crippen LogP contribution in [0, 0.1) is 0 Å². The summed E-state index contributed by atoms with van der Waals surface area (Å²) in [6.07, 6.45) is 9.33. The molecule has 0 saturated carbocycles. The summed E-state index contributed by atoms with van der Waals surface area (Å²) in [4.78, 5) is 15.3. The maximum absolute atomic E-state index is 11.5. The lowest BCUT2D eigenvalue weighted by molar-refractivity contribution is 0.0955. The van der Waals surface area contributed by atoms with Crippen molar-refractivity contribution in [3.63, 3.8) is 0 Å². The second-order valence-corrected chi connectivity index (χ2v) is 3.48. The topological polar surface area (TPSA) is 54.4 Å². The van der Waals surface area contributed by atoms with E-state index in [1.54, 1.807) is 30.7 Å². The van der Waals surface area contributed by atoms with Crippen molar-refractivity contribution in [2.75, 3.05) is 0 Å². The summed E-state index contributed by atoms with van der Waals surface area (Å²) in [5.41, 5.74) is 3.05. The SMILES string of the molecule is CCCCCC=NNC(=O)c1ccncc1. The Morgan fingerprint density at radius 3 is 2.88 bits per heavy atom. The Kier molecular flexibility index (Phi) is 5.84. The van der Waals surface area contributed by atoms with Crippen molar-refractivity contribution in [2.24, 2.45) is 5.10 Å². The van der Waals surface area contributed by atoms with Crippen molar-refractivity contribution in [3.8, 4) is 0 Å². The van der Waals surface area contributed by atoms with Crippen molar-refractivity contribution in [3.05, 3.63) is 30.1 Å². The Bertz CT molecular complexity index is 335. The summed E-state index contributed by atoms with van der Waals surface area (Å²) < 4.78 is 0. The maximum atomic E-state index is 11.5. The quantitative estimate of drug-likeness (QED) is 0.453. The summed E-state index contributed by atoms with van der Waals surface area (Å²) in [5.74, 6) is -0.200. The fourth-order valence-corrected chi connectivity index (χ4v) is 1.22. The molecule has 0 fully saturated rings. The number of hydrogen-bond acceptors (Lipinski definition) is 3. The average Bonchev–Trinajstić information content (AvgIpc) is 2.34. The van der Waals surface area contributed by atoms with E-state index >= 15 is 0 Å². The van der Waals surface area contributed by atoms with Crippen molar-refractivity contribution in [1.29, 1.82) is 0 Å². The third kappa shape index (κ3) is 4.68. The smallest absolute Gasteiger partial charge is 0.267 e. The van der Waals surface area contributed by atoms with Gasteiger partial charge in [-0.2, -0.15) is 5.10 Å². The highest BCUT2D eigenvalue weighted by Crippen LogP contribution is 1.97. The predicted molar refractivity (Wildman–Crippen MR) is 64.3 cm³/mol. The first kappa shape index (κ1) is 12.4. The maximum Gasteiger partial charge on any atom is 0.271 e. The average molecular weight is 219 g/mol. The first-order valence-corrected chi connectivity index (χ1v) is 5.56. The molecular formula is C12H17N3O. The largest absolute Gasteiger partial charge is 0.271 e. The van der Waals surface area contributed by atoms with Crippen molar-refractivity contribution in [2.45, 2.75) is 32.6 Å². The van der Waals surface area contributed by atoms with E-state index in [0.717, 1.165) is 12.8 Å². The van der Waals surface area contributed by atoms with E-state index in [2.05, 4.69) is 22.4 Å². The van der Waals surface area contributed by atoms with Crippen molar-refractivity contribution < 1.29 is 4.79 Å². The minimum absolute atomic E-state index is 0.200. The lowest BCUT2D eigenvalue weighted by Crippen LogP contribution is -2.17. The fourth-order valence-electron chi connectivity index (χ4n) is 1.22. The second kappa shape index (κ2) is 7.56. The predicted octanol–water partition coefficient (Wildman–Crippen LogP) is 2.38. The molecule has 4 nitrogen and oxygen atoms in total. The molecule has 0 aliphatic heterocycles. The van der Waals surface area contributed by atoms with E-state index in [0.29, 0.717) is 5.56 Å². The summed E-state index contributed by atoms with van der Waals surface area (Å²) >= 11 is 0. The third-order valence-corrected chi connectivity index (χ3v) is 2.14. The van der Waals surface area contributed by atoms with Gasteiger partial charge in [-0.1, -0.05) is 19.8 Å². The molecule has 0 radical (unpaired) electrons. The van der Waals surface area contributed by atoms with E-state index in [4.69, 9.17) is 0 Å². The number of carbonyl (C=O) groups excluding carboxylic acids is 1. The lowest BCUT2D eigenvalue weighted by atomic mass is 10.2. The molecule has 0 atom stereocenters. The van der Waals surface area contributed by atoms with Gasteiger partial charge in [-0.15, -0.1) is 0 Å². The molecule has 1 aromatic heterocycles. The summed E-state index contributed by atoms with van der Waals surface area (Å²) in [5, 5.41) is 3.87. The van der Waals surface area contributed by atoms with Gasteiger partial charge >= 0.3 is 0 Å². The first-order valence-electron chi connectivity index (χ1n) is 5.56. The Morgan fingerprint density at radius 2 is 2.19 bits per heavy atom. The van der Waals surface area contributed by atoms with E-state index in [-0.39, 0.29) is 5.91 Å². The molecular weight excluding hydrogens is 202 g/mol. The van der Waals surface area contributed by atoms with Crippen LogP contribution < -0.4 is 5.43 Å². The van der Waals surface area contributed by atoms with E-state index < -0.39 is 0 Å². The molecule has 0 unspecified atom stereocenters. The zero-order valence-electron chi connectivity index (χ0n) is 9.52. The normalized spacial score (nSPS) is 10.6. The second-order valence-electron chi connectivity index (χ2n) is 3.48. The number of carbonyl (C=O) groups is 1. The molecule has 16 heavy (non-hydrogen) atoms. The molecule has 0 spiro atoms. The molecule has 1 N–H and O–H groups in total. The number of amides is 1. The number of nitrogens with one attached hydrogen (secondary N) is 1. The molecule has 4 heteroatoms. The molecule has 1 rings (SSSR count). The number of unbranched alkanes of at least 4 members (excludes halogenated alkanes) is 3. The van der Waals surface area contributed by atoms with Gasteiger partial charge in [0.15, 0.2) is 0 Å². The number of nitrogens with zero attached hydrogens (tertiary/aromatic N) is 2. The van der Waals surface area contributed by atoms with Gasteiger partial charge in [0.05, 0.1) is 0 Å². The van der Waals surface area contributed by atoms with E-state index in [1.807, 2.05) is 0 Å². The molecule has 1 amide bonds. The van der Waals surface area contributed by atoms with Gasteiger partial charge in [-0.3, -0.25) is 9.78 Å². The molecule has 1 aromatic rings. The van der Waals surface area contributed by atoms with Gasteiger partial charge < -0.3 is 0 Å². The van der Waals surface area contributed by atoms with Gasteiger partial charge in [-0.25, -0.2) is 5.43 Å². The highest BCUT2D eigenvalue weighted by Gasteiger charge is 2.01. The van der Waals surface area contributed by atoms with Crippen molar-refractivity contribution >= 4 is 12.1 Å². The molecule has 0 saturated heterocycles. The van der Waals surface area contributed by atoms with Gasteiger partial charge in [-0.05, 0) is 25.0 Å². The molecule has 0 aliphatic carbocycles. The number of pyridine rings is 1. The van der Waals surface area contributed by atoms with Gasteiger partial charge in [0.2, 0.25) is 0 Å². The van der Waals surface area contributed by atoms with Gasteiger partial charge in [0.1, 0.15) is 0 Å². The van der Waals surface area contributed by atoms with Crippen LogP contribution in [-0.4, -0.2) is 17.1 Å². The Balaban J connectivity index is 2.25. The zero-order valence-corrected chi connectivity index (χ0v) is 9.52. The van der Waals surface area contributed by atoms with Crippen LogP contribution in [0.1, 0.15) is 43.0 Å². The first-order chi connectivity index (χ1) is 7.84.